The van der Waals surface area contributed by atoms with E-state index in [1.165, 1.54) is 0 Å². The average Bonchev–Trinajstić information content (AvgIpc) is 2.14. The molecule has 2 rings (SSSR count). The van der Waals surface area contributed by atoms with Crippen LogP contribution in [-0.4, -0.2) is 22.5 Å². The highest BCUT2D eigenvalue weighted by Crippen LogP contribution is 2.34. The Balaban J connectivity index is 2.57. The van der Waals surface area contributed by atoms with Crippen LogP contribution in [0.3, 0.4) is 0 Å². The highest BCUT2D eigenvalue weighted by atomic mass is 32.2. The van der Waals surface area contributed by atoms with Crippen molar-refractivity contribution in [1.82, 2.24) is 0 Å². The molecule has 3 heteroatoms. The van der Waals surface area contributed by atoms with Gasteiger partial charge in [0.05, 0.1) is 26.1 Å². The Morgan fingerprint density at radius 1 is 1.36 bits per heavy atom. The monoisotopic (exact) mass is 209 g/mol. The van der Waals surface area contributed by atoms with Crippen LogP contribution in [0.1, 0.15) is 13.8 Å². The molecule has 76 valence electrons. The number of hydrogen-bond acceptors (Lipinski definition) is 2. The van der Waals surface area contributed by atoms with Gasteiger partial charge in [-0.05, 0) is 26.0 Å². The molecule has 0 saturated heterocycles. The first-order valence-corrected chi connectivity index (χ1v) is 5.89. The van der Waals surface area contributed by atoms with Gasteiger partial charge in [0, 0.05) is 13.6 Å². The van der Waals surface area contributed by atoms with Gasteiger partial charge in [-0.3, -0.25) is 4.21 Å². The molecule has 0 N–H and O–H groups in total. The number of hydrogen-bond donors (Lipinski definition) is 0. The molecule has 1 heterocycles. The van der Waals surface area contributed by atoms with Crippen LogP contribution >= 0.6 is 0 Å². The summed E-state index contributed by atoms with van der Waals surface area (Å²) in [5.74, 6) is 0. The highest BCUT2D eigenvalue weighted by Gasteiger charge is 2.35. The molecule has 0 amide bonds. The summed E-state index contributed by atoms with van der Waals surface area (Å²) in [6.45, 7) is 4.95. The van der Waals surface area contributed by atoms with Crippen LogP contribution < -0.4 is 4.90 Å². The number of para-hydroxylation sites is 1. The summed E-state index contributed by atoms with van der Waals surface area (Å²) in [5, 5.41) is 0. The lowest BCUT2D eigenvalue weighted by Gasteiger charge is -2.37. The molecule has 1 aromatic rings. The van der Waals surface area contributed by atoms with Gasteiger partial charge in [0.1, 0.15) is 0 Å². The molecule has 1 atom stereocenters. The van der Waals surface area contributed by atoms with Crippen LogP contribution in [0.25, 0.3) is 0 Å². The van der Waals surface area contributed by atoms with E-state index in [0.717, 1.165) is 17.1 Å². The minimum atomic E-state index is -0.888. The molecule has 0 saturated carbocycles. The molecular weight excluding hydrogens is 194 g/mol. The summed E-state index contributed by atoms with van der Waals surface area (Å²) in [4.78, 5) is 3.14. The van der Waals surface area contributed by atoms with Crippen LogP contribution in [0.2, 0.25) is 0 Å². The Labute approximate surface area is 87.4 Å². The zero-order valence-electron chi connectivity index (χ0n) is 8.78. The number of fused-ring (bicyclic) bond motifs is 1. The van der Waals surface area contributed by atoms with Gasteiger partial charge in [-0.1, -0.05) is 12.1 Å². The minimum Gasteiger partial charge on any atom is -0.372 e. The first-order chi connectivity index (χ1) is 6.52. The van der Waals surface area contributed by atoms with E-state index in [1.807, 2.05) is 24.3 Å². The number of nitrogens with zero attached hydrogens (tertiary/aromatic N) is 1. The van der Waals surface area contributed by atoms with Gasteiger partial charge < -0.3 is 4.90 Å². The average molecular weight is 209 g/mol. The number of anilines is 1. The van der Waals surface area contributed by atoms with Gasteiger partial charge in [0.25, 0.3) is 0 Å². The zero-order valence-corrected chi connectivity index (χ0v) is 9.60. The van der Waals surface area contributed by atoms with Gasteiger partial charge in [-0.15, -0.1) is 0 Å². The number of benzene rings is 1. The van der Waals surface area contributed by atoms with Crippen LogP contribution in [-0.2, 0) is 10.8 Å². The Kier molecular flexibility index (Phi) is 2.14. The molecular formula is C11H15NOS. The molecule has 0 bridgehead atoms. The molecule has 1 aromatic carbocycles. The lowest BCUT2D eigenvalue weighted by atomic mass is 10.1. The third-order valence-corrected chi connectivity index (χ3v) is 4.47. The fourth-order valence-electron chi connectivity index (χ4n) is 1.94. The van der Waals surface area contributed by atoms with Crippen LogP contribution in [0, 0.1) is 0 Å². The number of rotatable bonds is 0. The summed E-state index contributed by atoms with van der Waals surface area (Å²) in [5.41, 5.74) is 1.10. The topological polar surface area (TPSA) is 20.3 Å². The van der Waals surface area contributed by atoms with E-state index < -0.39 is 10.8 Å². The SMILES string of the molecule is CN1CC(C)(C)S(=O)c2ccccc21. The van der Waals surface area contributed by atoms with Crippen molar-refractivity contribution in [2.24, 2.45) is 0 Å². The summed E-state index contributed by atoms with van der Waals surface area (Å²) >= 11 is 0. The van der Waals surface area contributed by atoms with Crippen molar-refractivity contribution in [3.63, 3.8) is 0 Å². The maximum atomic E-state index is 12.2. The molecule has 0 radical (unpaired) electrons. The van der Waals surface area contributed by atoms with Crippen LogP contribution in [0.4, 0.5) is 5.69 Å². The fraction of sp³-hybridized carbons (Fsp3) is 0.455. The summed E-state index contributed by atoms with van der Waals surface area (Å²) < 4.78 is 12.0. The van der Waals surface area contributed by atoms with E-state index in [4.69, 9.17) is 0 Å². The van der Waals surface area contributed by atoms with Crippen LogP contribution in [0.15, 0.2) is 29.2 Å². The third kappa shape index (κ3) is 1.36. The normalized spacial score (nSPS) is 24.5. The van der Waals surface area contributed by atoms with Crippen molar-refractivity contribution in [3.8, 4) is 0 Å². The van der Waals surface area contributed by atoms with E-state index in [9.17, 15) is 4.21 Å². The van der Waals surface area contributed by atoms with E-state index >= 15 is 0 Å². The molecule has 1 unspecified atom stereocenters. The van der Waals surface area contributed by atoms with E-state index in [0.29, 0.717) is 0 Å². The predicted molar refractivity (Wildman–Crippen MR) is 60.2 cm³/mol. The summed E-state index contributed by atoms with van der Waals surface area (Å²) in [6, 6.07) is 7.93. The summed E-state index contributed by atoms with van der Waals surface area (Å²) in [7, 11) is 1.16. The van der Waals surface area contributed by atoms with Crippen LogP contribution in [0.5, 0.6) is 0 Å². The zero-order chi connectivity index (χ0) is 10.3. The Morgan fingerprint density at radius 2 is 2.00 bits per heavy atom. The van der Waals surface area contributed by atoms with Crippen molar-refractivity contribution < 1.29 is 4.21 Å². The second-order valence-electron chi connectivity index (χ2n) is 4.35. The van der Waals surface area contributed by atoms with Crippen molar-refractivity contribution in [2.75, 3.05) is 18.5 Å². The highest BCUT2D eigenvalue weighted by molar-refractivity contribution is 7.86. The molecule has 1 aliphatic rings. The first-order valence-electron chi connectivity index (χ1n) is 4.74. The largest absolute Gasteiger partial charge is 0.372 e. The van der Waals surface area contributed by atoms with Crippen molar-refractivity contribution in [2.45, 2.75) is 23.5 Å². The van der Waals surface area contributed by atoms with Gasteiger partial charge in [-0.2, -0.15) is 0 Å². The van der Waals surface area contributed by atoms with E-state index in [2.05, 4.69) is 25.8 Å². The van der Waals surface area contributed by atoms with Gasteiger partial charge >= 0.3 is 0 Å². The van der Waals surface area contributed by atoms with Crippen molar-refractivity contribution >= 4 is 16.5 Å². The van der Waals surface area contributed by atoms with Crippen molar-refractivity contribution in [1.29, 1.82) is 0 Å². The van der Waals surface area contributed by atoms with Gasteiger partial charge in [0.2, 0.25) is 0 Å². The minimum absolute atomic E-state index is 0.150. The standard InChI is InChI=1S/C11H15NOS/c1-11(2)8-12(3)9-6-4-5-7-10(9)14(11)13/h4-7H,8H2,1-3H3. The third-order valence-electron chi connectivity index (χ3n) is 2.60. The molecule has 0 aromatic heterocycles. The second kappa shape index (κ2) is 3.09. The predicted octanol–water partition coefficient (Wildman–Crippen LogP) is 2.02. The maximum Gasteiger partial charge on any atom is 0.0627 e. The second-order valence-corrected chi connectivity index (χ2v) is 6.43. The lowest BCUT2D eigenvalue weighted by Crippen LogP contribution is -2.44. The van der Waals surface area contributed by atoms with E-state index in [-0.39, 0.29) is 4.75 Å². The van der Waals surface area contributed by atoms with Gasteiger partial charge in [0.15, 0.2) is 0 Å². The molecule has 0 aliphatic carbocycles. The molecule has 1 aliphatic heterocycles. The van der Waals surface area contributed by atoms with Gasteiger partial charge in [-0.25, -0.2) is 0 Å². The smallest absolute Gasteiger partial charge is 0.0627 e. The first kappa shape index (κ1) is 9.71. The maximum absolute atomic E-state index is 12.2. The Morgan fingerprint density at radius 3 is 2.71 bits per heavy atom. The Bertz CT molecular complexity index is 387. The quantitative estimate of drug-likeness (QED) is 0.651. The fourth-order valence-corrected chi connectivity index (χ4v) is 3.46. The molecule has 0 spiro atoms. The molecule has 14 heavy (non-hydrogen) atoms. The summed E-state index contributed by atoms with van der Waals surface area (Å²) in [6.07, 6.45) is 0. The lowest BCUT2D eigenvalue weighted by molar-refractivity contribution is 0.607. The molecule has 0 fully saturated rings. The van der Waals surface area contributed by atoms with E-state index in [1.54, 1.807) is 0 Å². The Hall–Kier alpha value is -0.830. The van der Waals surface area contributed by atoms with Crippen molar-refractivity contribution in [3.05, 3.63) is 24.3 Å². The molecule has 2 nitrogen and oxygen atoms in total.